The second kappa shape index (κ2) is 4.84. The summed E-state index contributed by atoms with van der Waals surface area (Å²) < 4.78 is 5.31. The van der Waals surface area contributed by atoms with Crippen molar-refractivity contribution in [3.8, 4) is 0 Å². The Morgan fingerprint density at radius 1 is 1.00 bits per heavy atom. The number of amides is 2. The maximum absolute atomic E-state index is 12.5. The normalized spacial score (nSPS) is 33.6. The van der Waals surface area contributed by atoms with E-state index >= 15 is 0 Å². The third-order valence-corrected chi connectivity index (χ3v) is 4.54. The minimum Gasteiger partial charge on any atom is -0.378 e. The van der Waals surface area contributed by atoms with Gasteiger partial charge in [0.15, 0.2) is 0 Å². The van der Waals surface area contributed by atoms with Gasteiger partial charge in [-0.2, -0.15) is 0 Å². The monoisotopic (exact) mass is 238 g/mol. The first-order valence-electron chi connectivity index (χ1n) is 6.99. The standard InChI is InChI=1S/C13H22N2O2/c16-13(14-7-9-17-10-8-14)15-6-5-11-3-1-2-4-12(11)15/h11-12H,1-10H2. The number of hydrogen-bond donors (Lipinski definition) is 0. The summed E-state index contributed by atoms with van der Waals surface area (Å²) in [6.07, 6.45) is 6.44. The van der Waals surface area contributed by atoms with E-state index in [-0.39, 0.29) is 6.03 Å². The fraction of sp³-hybridized carbons (Fsp3) is 0.923. The molecule has 0 spiro atoms. The zero-order valence-electron chi connectivity index (χ0n) is 10.4. The molecule has 0 bridgehead atoms. The molecule has 2 atom stereocenters. The van der Waals surface area contributed by atoms with Gasteiger partial charge in [-0.25, -0.2) is 4.79 Å². The molecule has 0 radical (unpaired) electrons. The highest BCUT2D eigenvalue weighted by Gasteiger charge is 2.39. The van der Waals surface area contributed by atoms with E-state index in [1.807, 2.05) is 4.90 Å². The molecular weight excluding hydrogens is 216 g/mol. The number of carbonyl (C=O) groups excluding carboxylic acids is 1. The number of fused-ring (bicyclic) bond motifs is 1. The van der Waals surface area contributed by atoms with Crippen molar-refractivity contribution in [3.63, 3.8) is 0 Å². The van der Waals surface area contributed by atoms with E-state index in [2.05, 4.69) is 4.90 Å². The van der Waals surface area contributed by atoms with Crippen LogP contribution in [0.1, 0.15) is 32.1 Å². The Morgan fingerprint density at radius 2 is 1.76 bits per heavy atom. The van der Waals surface area contributed by atoms with Crippen molar-refractivity contribution in [2.24, 2.45) is 5.92 Å². The van der Waals surface area contributed by atoms with Crippen molar-refractivity contribution in [2.75, 3.05) is 32.8 Å². The van der Waals surface area contributed by atoms with Crippen LogP contribution in [0.25, 0.3) is 0 Å². The molecule has 4 heteroatoms. The van der Waals surface area contributed by atoms with E-state index in [4.69, 9.17) is 4.74 Å². The van der Waals surface area contributed by atoms with Crippen LogP contribution in [0.2, 0.25) is 0 Å². The van der Waals surface area contributed by atoms with Crippen molar-refractivity contribution in [1.82, 2.24) is 9.80 Å². The molecule has 1 saturated carbocycles. The van der Waals surface area contributed by atoms with Gasteiger partial charge in [-0.15, -0.1) is 0 Å². The van der Waals surface area contributed by atoms with Gasteiger partial charge in [-0.3, -0.25) is 0 Å². The number of likely N-dealkylation sites (tertiary alicyclic amines) is 1. The van der Waals surface area contributed by atoms with Crippen LogP contribution in [0, 0.1) is 5.92 Å². The third kappa shape index (κ3) is 2.15. The largest absolute Gasteiger partial charge is 0.378 e. The molecule has 3 fully saturated rings. The van der Waals surface area contributed by atoms with Crippen LogP contribution in [0.15, 0.2) is 0 Å². The Balaban J connectivity index is 1.65. The van der Waals surface area contributed by atoms with Crippen LogP contribution >= 0.6 is 0 Å². The highest BCUT2D eigenvalue weighted by atomic mass is 16.5. The summed E-state index contributed by atoms with van der Waals surface area (Å²) in [6, 6.07) is 0.807. The summed E-state index contributed by atoms with van der Waals surface area (Å²) in [4.78, 5) is 16.6. The Hall–Kier alpha value is -0.770. The number of morpholine rings is 1. The van der Waals surface area contributed by atoms with E-state index in [0.29, 0.717) is 19.3 Å². The molecule has 2 amide bonds. The molecule has 0 N–H and O–H groups in total. The van der Waals surface area contributed by atoms with Crippen molar-refractivity contribution in [1.29, 1.82) is 0 Å². The summed E-state index contributed by atoms with van der Waals surface area (Å²) in [7, 11) is 0. The second-order valence-corrected chi connectivity index (χ2v) is 5.48. The van der Waals surface area contributed by atoms with Crippen molar-refractivity contribution >= 4 is 6.03 Å². The Bertz CT molecular complexity index is 289. The molecule has 2 aliphatic heterocycles. The minimum atomic E-state index is 0.266. The van der Waals surface area contributed by atoms with Crippen LogP contribution < -0.4 is 0 Å². The van der Waals surface area contributed by atoms with Gasteiger partial charge in [0.2, 0.25) is 0 Å². The number of nitrogens with zero attached hydrogens (tertiary/aromatic N) is 2. The molecule has 0 aromatic rings. The molecule has 3 aliphatic rings. The third-order valence-electron chi connectivity index (χ3n) is 4.54. The SMILES string of the molecule is O=C(N1CCOCC1)N1CCC2CCCCC21. The quantitative estimate of drug-likeness (QED) is 0.643. The molecule has 2 heterocycles. The van der Waals surface area contributed by atoms with Crippen LogP contribution in [0.3, 0.4) is 0 Å². The van der Waals surface area contributed by atoms with E-state index in [1.165, 1.54) is 32.1 Å². The highest BCUT2D eigenvalue weighted by molar-refractivity contribution is 5.75. The van der Waals surface area contributed by atoms with Crippen molar-refractivity contribution < 1.29 is 9.53 Å². The fourth-order valence-electron chi connectivity index (χ4n) is 3.58. The van der Waals surface area contributed by atoms with Crippen LogP contribution in [0.5, 0.6) is 0 Å². The Morgan fingerprint density at radius 3 is 2.59 bits per heavy atom. The summed E-state index contributed by atoms with van der Waals surface area (Å²) in [5, 5.41) is 0. The highest BCUT2D eigenvalue weighted by Crippen LogP contribution is 2.36. The maximum Gasteiger partial charge on any atom is 0.320 e. The zero-order valence-corrected chi connectivity index (χ0v) is 10.4. The molecule has 2 saturated heterocycles. The van der Waals surface area contributed by atoms with E-state index in [1.54, 1.807) is 0 Å². The smallest absolute Gasteiger partial charge is 0.320 e. The average Bonchev–Trinajstić information content (AvgIpc) is 2.83. The van der Waals surface area contributed by atoms with Gasteiger partial charge in [-0.1, -0.05) is 12.8 Å². The summed E-state index contributed by atoms with van der Waals surface area (Å²) in [5.41, 5.74) is 0. The van der Waals surface area contributed by atoms with Gasteiger partial charge in [-0.05, 0) is 25.2 Å². The second-order valence-electron chi connectivity index (χ2n) is 5.48. The van der Waals surface area contributed by atoms with E-state index < -0.39 is 0 Å². The van der Waals surface area contributed by atoms with Gasteiger partial charge in [0, 0.05) is 25.7 Å². The van der Waals surface area contributed by atoms with Gasteiger partial charge < -0.3 is 14.5 Å². The number of rotatable bonds is 0. The Kier molecular flexibility index (Phi) is 3.23. The van der Waals surface area contributed by atoms with Crippen LogP contribution in [0.4, 0.5) is 4.79 Å². The minimum absolute atomic E-state index is 0.266. The molecule has 0 aromatic carbocycles. The average molecular weight is 238 g/mol. The number of carbonyl (C=O) groups is 1. The molecule has 4 nitrogen and oxygen atoms in total. The van der Waals surface area contributed by atoms with Gasteiger partial charge in [0.05, 0.1) is 13.2 Å². The van der Waals surface area contributed by atoms with Gasteiger partial charge in [0.25, 0.3) is 0 Å². The van der Waals surface area contributed by atoms with Gasteiger partial charge in [0.1, 0.15) is 0 Å². The first-order valence-corrected chi connectivity index (χ1v) is 6.99. The van der Waals surface area contributed by atoms with E-state index in [9.17, 15) is 4.79 Å². The van der Waals surface area contributed by atoms with E-state index in [0.717, 1.165) is 25.6 Å². The topological polar surface area (TPSA) is 32.8 Å². The Labute approximate surface area is 103 Å². The maximum atomic E-state index is 12.5. The fourth-order valence-corrected chi connectivity index (χ4v) is 3.58. The summed E-state index contributed by atoms with van der Waals surface area (Å²) in [5.74, 6) is 0.786. The van der Waals surface area contributed by atoms with Crippen molar-refractivity contribution in [3.05, 3.63) is 0 Å². The molecule has 17 heavy (non-hydrogen) atoms. The zero-order chi connectivity index (χ0) is 11.7. The number of urea groups is 1. The summed E-state index contributed by atoms with van der Waals surface area (Å²) >= 11 is 0. The molecule has 3 rings (SSSR count). The van der Waals surface area contributed by atoms with Crippen LogP contribution in [-0.2, 0) is 4.74 Å². The lowest BCUT2D eigenvalue weighted by Crippen LogP contribution is -2.50. The predicted molar refractivity (Wildman–Crippen MR) is 64.9 cm³/mol. The number of ether oxygens (including phenoxy) is 1. The molecular formula is C13H22N2O2. The first-order chi connectivity index (χ1) is 8.36. The van der Waals surface area contributed by atoms with Gasteiger partial charge >= 0.3 is 6.03 Å². The van der Waals surface area contributed by atoms with Crippen molar-refractivity contribution in [2.45, 2.75) is 38.1 Å². The lowest BCUT2D eigenvalue weighted by atomic mass is 9.85. The molecule has 1 aliphatic carbocycles. The lowest BCUT2D eigenvalue weighted by molar-refractivity contribution is 0.0400. The molecule has 2 unspecified atom stereocenters. The van der Waals surface area contributed by atoms with Crippen LogP contribution in [-0.4, -0.2) is 54.7 Å². The predicted octanol–water partition coefficient (Wildman–Crippen LogP) is 1.70. The summed E-state index contributed by atoms with van der Waals surface area (Å²) in [6.45, 7) is 3.92. The number of hydrogen-bond acceptors (Lipinski definition) is 2. The first kappa shape index (κ1) is 11.3. The lowest BCUT2D eigenvalue weighted by Gasteiger charge is -2.36. The molecule has 0 aromatic heterocycles. The molecule has 96 valence electrons.